The van der Waals surface area contributed by atoms with Crippen LogP contribution < -0.4 is 5.32 Å². The summed E-state index contributed by atoms with van der Waals surface area (Å²) in [6.45, 7) is 1.82. The molecule has 0 spiro atoms. The molecule has 1 aliphatic rings. The molecular formula is C14H12N4O. The molecule has 0 radical (unpaired) electrons. The minimum Gasteiger partial charge on any atom is -0.341 e. The van der Waals surface area contributed by atoms with E-state index in [9.17, 15) is 4.79 Å². The molecule has 0 atom stereocenters. The zero-order chi connectivity index (χ0) is 13.4. The summed E-state index contributed by atoms with van der Waals surface area (Å²) in [5, 5.41) is 11.9. The van der Waals surface area contributed by atoms with Gasteiger partial charge in [-0.25, -0.2) is 4.98 Å². The lowest BCUT2D eigenvalue weighted by molar-refractivity contribution is -0.116. The highest BCUT2D eigenvalue weighted by molar-refractivity contribution is 5.94. The second-order valence-corrected chi connectivity index (χ2v) is 4.58. The van der Waals surface area contributed by atoms with Crippen molar-refractivity contribution in [2.75, 3.05) is 5.32 Å². The molecule has 1 aliphatic heterocycles. The topological polar surface area (TPSA) is 81.6 Å². The number of H-pyrrole nitrogens is 1. The van der Waals surface area contributed by atoms with Gasteiger partial charge in [0, 0.05) is 17.7 Å². The molecule has 3 rings (SSSR count). The van der Waals surface area contributed by atoms with Crippen LogP contribution >= 0.6 is 0 Å². The van der Waals surface area contributed by atoms with E-state index in [1.54, 1.807) is 0 Å². The van der Waals surface area contributed by atoms with E-state index >= 15 is 0 Å². The predicted molar refractivity (Wildman–Crippen MR) is 70.4 cm³/mol. The lowest BCUT2D eigenvalue weighted by Gasteiger charge is -2.17. The van der Waals surface area contributed by atoms with Gasteiger partial charge in [0.25, 0.3) is 0 Å². The maximum Gasteiger partial charge on any atom is 0.224 e. The van der Waals surface area contributed by atoms with Crippen molar-refractivity contribution in [3.63, 3.8) is 0 Å². The SMILES string of the molecule is Cc1nc(C#N)c(-c2ccc3c(c2)CCC(=O)N3)[nH]1. The van der Waals surface area contributed by atoms with Crippen LogP contribution in [-0.4, -0.2) is 15.9 Å². The van der Waals surface area contributed by atoms with Crippen molar-refractivity contribution in [3.05, 3.63) is 35.3 Å². The molecule has 1 aromatic carbocycles. The van der Waals surface area contributed by atoms with E-state index in [-0.39, 0.29) is 5.91 Å². The number of nitrogens with zero attached hydrogens (tertiary/aromatic N) is 2. The molecule has 0 saturated carbocycles. The van der Waals surface area contributed by atoms with E-state index < -0.39 is 0 Å². The molecule has 0 saturated heterocycles. The molecular weight excluding hydrogens is 240 g/mol. The molecule has 1 aromatic heterocycles. The molecule has 2 N–H and O–H groups in total. The van der Waals surface area contributed by atoms with Gasteiger partial charge in [0.1, 0.15) is 11.9 Å². The van der Waals surface area contributed by atoms with E-state index in [0.29, 0.717) is 12.1 Å². The molecule has 2 heterocycles. The van der Waals surface area contributed by atoms with E-state index in [4.69, 9.17) is 5.26 Å². The maximum atomic E-state index is 11.3. The molecule has 0 fully saturated rings. The number of rotatable bonds is 1. The van der Waals surface area contributed by atoms with Crippen LogP contribution in [0.15, 0.2) is 18.2 Å². The number of aromatic nitrogens is 2. The standard InChI is InChI=1S/C14H12N4O/c1-8-16-12(7-15)14(17-8)10-2-4-11-9(6-10)3-5-13(19)18-11/h2,4,6H,3,5H2,1H3,(H,16,17)(H,18,19). The summed E-state index contributed by atoms with van der Waals surface area (Å²) in [5.74, 6) is 0.771. The first-order chi connectivity index (χ1) is 9.17. The third kappa shape index (κ3) is 1.97. The molecule has 5 heteroatoms. The van der Waals surface area contributed by atoms with Crippen molar-refractivity contribution >= 4 is 11.6 Å². The number of aryl methyl sites for hydroxylation is 2. The second-order valence-electron chi connectivity index (χ2n) is 4.58. The number of nitriles is 1. The van der Waals surface area contributed by atoms with Crippen LogP contribution in [0.25, 0.3) is 11.3 Å². The van der Waals surface area contributed by atoms with Crippen LogP contribution in [0.2, 0.25) is 0 Å². The zero-order valence-electron chi connectivity index (χ0n) is 10.4. The summed E-state index contributed by atoms with van der Waals surface area (Å²) in [6, 6.07) is 7.85. The van der Waals surface area contributed by atoms with Gasteiger partial charge >= 0.3 is 0 Å². The van der Waals surface area contributed by atoms with Gasteiger partial charge in [-0.15, -0.1) is 0 Å². The molecule has 0 aliphatic carbocycles. The Morgan fingerprint density at radius 2 is 2.21 bits per heavy atom. The maximum absolute atomic E-state index is 11.3. The van der Waals surface area contributed by atoms with E-state index in [1.165, 1.54) is 0 Å². The van der Waals surface area contributed by atoms with Gasteiger partial charge in [0.15, 0.2) is 5.69 Å². The number of aromatic amines is 1. The van der Waals surface area contributed by atoms with Gasteiger partial charge < -0.3 is 10.3 Å². The molecule has 0 unspecified atom stereocenters. The highest BCUT2D eigenvalue weighted by Gasteiger charge is 2.17. The zero-order valence-corrected chi connectivity index (χ0v) is 10.4. The Labute approximate surface area is 110 Å². The normalized spacial score (nSPS) is 13.6. The number of hydrogen-bond acceptors (Lipinski definition) is 3. The first-order valence-corrected chi connectivity index (χ1v) is 6.07. The Morgan fingerprint density at radius 3 is 3.00 bits per heavy atom. The van der Waals surface area contributed by atoms with E-state index in [1.807, 2.05) is 25.1 Å². The van der Waals surface area contributed by atoms with Crippen molar-refractivity contribution in [1.29, 1.82) is 5.26 Å². The Hall–Kier alpha value is -2.61. The smallest absolute Gasteiger partial charge is 0.224 e. The summed E-state index contributed by atoms with van der Waals surface area (Å²) in [6.07, 6.45) is 1.23. The average molecular weight is 252 g/mol. The van der Waals surface area contributed by atoms with Crippen molar-refractivity contribution in [1.82, 2.24) is 9.97 Å². The number of carbonyl (C=O) groups excluding carboxylic acids is 1. The summed E-state index contributed by atoms with van der Waals surface area (Å²) < 4.78 is 0. The van der Waals surface area contributed by atoms with Crippen molar-refractivity contribution in [2.24, 2.45) is 0 Å². The molecule has 94 valence electrons. The van der Waals surface area contributed by atoms with Crippen molar-refractivity contribution < 1.29 is 4.79 Å². The molecule has 1 amide bonds. The van der Waals surface area contributed by atoms with Gasteiger partial charge in [-0.1, -0.05) is 6.07 Å². The van der Waals surface area contributed by atoms with Gasteiger partial charge in [-0.3, -0.25) is 4.79 Å². The van der Waals surface area contributed by atoms with Gasteiger partial charge in [0.2, 0.25) is 5.91 Å². The quantitative estimate of drug-likeness (QED) is 0.815. The Balaban J connectivity index is 2.07. The minimum atomic E-state index is 0.0512. The number of fused-ring (bicyclic) bond motifs is 1. The van der Waals surface area contributed by atoms with Gasteiger partial charge in [0.05, 0.1) is 5.69 Å². The first-order valence-electron chi connectivity index (χ1n) is 6.07. The summed E-state index contributed by atoms with van der Waals surface area (Å²) in [7, 11) is 0. The third-order valence-electron chi connectivity index (χ3n) is 3.22. The van der Waals surface area contributed by atoms with Crippen molar-refractivity contribution in [2.45, 2.75) is 19.8 Å². The molecule has 2 aromatic rings. The lowest BCUT2D eigenvalue weighted by atomic mass is 9.99. The number of amides is 1. The van der Waals surface area contributed by atoms with Crippen LogP contribution in [-0.2, 0) is 11.2 Å². The number of imidazole rings is 1. The lowest BCUT2D eigenvalue weighted by Crippen LogP contribution is -2.18. The van der Waals surface area contributed by atoms with E-state index in [2.05, 4.69) is 21.4 Å². The fraction of sp³-hybridized carbons (Fsp3) is 0.214. The monoisotopic (exact) mass is 252 g/mol. The Morgan fingerprint density at radius 1 is 1.37 bits per heavy atom. The number of nitrogens with one attached hydrogen (secondary N) is 2. The fourth-order valence-electron chi connectivity index (χ4n) is 2.32. The largest absolute Gasteiger partial charge is 0.341 e. The third-order valence-corrected chi connectivity index (χ3v) is 3.22. The molecule has 19 heavy (non-hydrogen) atoms. The summed E-state index contributed by atoms with van der Waals surface area (Å²) in [4.78, 5) is 18.6. The first kappa shape index (κ1) is 11.5. The van der Waals surface area contributed by atoms with Crippen LogP contribution in [0.4, 0.5) is 5.69 Å². The van der Waals surface area contributed by atoms with Gasteiger partial charge in [-0.05, 0) is 31.0 Å². The number of hydrogen-bond donors (Lipinski definition) is 2. The predicted octanol–water partition coefficient (Wildman–Crippen LogP) is 2.14. The number of anilines is 1. The average Bonchev–Trinajstić information content (AvgIpc) is 2.79. The fourth-order valence-corrected chi connectivity index (χ4v) is 2.32. The van der Waals surface area contributed by atoms with Gasteiger partial charge in [-0.2, -0.15) is 5.26 Å². The summed E-state index contributed by atoms with van der Waals surface area (Å²) in [5.41, 5.74) is 4.01. The highest BCUT2D eigenvalue weighted by atomic mass is 16.1. The van der Waals surface area contributed by atoms with Crippen LogP contribution in [0.5, 0.6) is 0 Å². The highest BCUT2D eigenvalue weighted by Crippen LogP contribution is 2.29. The van der Waals surface area contributed by atoms with E-state index in [0.717, 1.165) is 34.8 Å². The van der Waals surface area contributed by atoms with Crippen molar-refractivity contribution in [3.8, 4) is 17.3 Å². The van der Waals surface area contributed by atoms with Crippen LogP contribution in [0.1, 0.15) is 23.5 Å². The van der Waals surface area contributed by atoms with Crippen LogP contribution in [0.3, 0.4) is 0 Å². The minimum absolute atomic E-state index is 0.0512. The second kappa shape index (κ2) is 4.25. The van der Waals surface area contributed by atoms with Crippen LogP contribution in [0, 0.1) is 18.3 Å². The Kier molecular flexibility index (Phi) is 2.57. The molecule has 0 bridgehead atoms. The number of carbonyl (C=O) groups is 1. The number of benzene rings is 1. The Bertz CT molecular complexity index is 709. The summed E-state index contributed by atoms with van der Waals surface area (Å²) >= 11 is 0. The molecule has 5 nitrogen and oxygen atoms in total.